The van der Waals surface area contributed by atoms with Gasteiger partial charge >= 0.3 is 0 Å². The largest absolute Gasteiger partial charge is 0.493 e. The summed E-state index contributed by atoms with van der Waals surface area (Å²) < 4.78 is 7.76. The summed E-state index contributed by atoms with van der Waals surface area (Å²) in [7, 11) is 3.63. The maximum atomic E-state index is 6.02. The molecule has 0 amide bonds. The minimum atomic E-state index is 0.565. The standard InChI is InChI=1S/C18H26N6O/c1-13-4-7-15(16(8-13)25-11-14-5-6-14)9-20-18(19-2)21-10-17-22-12-23-24(17)3/h4,7-8,12,14H,5-6,9-11H2,1-3H3,(H2,19,20,21). The molecule has 2 N–H and O–H groups in total. The molecule has 0 unspecified atom stereocenters. The fourth-order valence-corrected chi connectivity index (χ4v) is 2.48. The molecule has 0 saturated heterocycles. The molecule has 1 saturated carbocycles. The molecule has 7 heteroatoms. The van der Waals surface area contributed by atoms with Gasteiger partial charge in [0.2, 0.25) is 0 Å². The van der Waals surface area contributed by atoms with Crippen LogP contribution in [0.2, 0.25) is 0 Å². The number of aliphatic imine (C=N–C) groups is 1. The summed E-state index contributed by atoms with van der Waals surface area (Å²) in [4.78, 5) is 8.46. The molecule has 0 bridgehead atoms. The Labute approximate surface area is 148 Å². The Bertz CT molecular complexity index is 735. The van der Waals surface area contributed by atoms with E-state index < -0.39 is 0 Å². The third-order valence-electron chi connectivity index (χ3n) is 4.28. The number of aromatic nitrogens is 3. The predicted molar refractivity (Wildman–Crippen MR) is 97.4 cm³/mol. The lowest BCUT2D eigenvalue weighted by atomic mass is 10.1. The first kappa shape index (κ1) is 17.3. The highest BCUT2D eigenvalue weighted by molar-refractivity contribution is 5.79. The van der Waals surface area contributed by atoms with Gasteiger partial charge in [0.05, 0.1) is 13.2 Å². The highest BCUT2D eigenvalue weighted by atomic mass is 16.5. The number of benzene rings is 1. The van der Waals surface area contributed by atoms with Gasteiger partial charge in [-0.2, -0.15) is 5.10 Å². The Balaban J connectivity index is 1.56. The summed E-state index contributed by atoms with van der Waals surface area (Å²) in [6.45, 7) is 4.12. The van der Waals surface area contributed by atoms with Crippen molar-refractivity contribution in [3.63, 3.8) is 0 Å². The number of aryl methyl sites for hydroxylation is 2. The van der Waals surface area contributed by atoms with Crippen molar-refractivity contribution < 1.29 is 4.74 Å². The van der Waals surface area contributed by atoms with Crippen LogP contribution in [-0.4, -0.2) is 34.4 Å². The zero-order valence-electron chi connectivity index (χ0n) is 15.1. The van der Waals surface area contributed by atoms with Crippen molar-refractivity contribution in [2.45, 2.75) is 32.9 Å². The minimum absolute atomic E-state index is 0.565. The molecular weight excluding hydrogens is 316 g/mol. The third kappa shape index (κ3) is 4.95. The second-order valence-electron chi connectivity index (χ2n) is 6.44. The lowest BCUT2D eigenvalue weighted by Crippen LogP contribution is -2.37. The van der Waals surface area contributed by atoms with E-state index in [0.717, 1.165) is 35.6 Å². The first-order valence-corrected chi connectivity index (χ1v) is 8.65. The van der Waals surface area contributed by atoms with Crippen LogP contribution in [0.25, 0.3) is 0 Å². The SMILES string of the molecule is CN=C(NCc1ccc(C)cc1OCC1CC1)NCc1ncnn1C. The van der Waals surface area contributed by atoms with Gasteiger partial charge in [-0.05, 0) is 37.3 Å². The zero-order chi connectivity index (χ0) is 17.6. The lowest BCUT2D eigenvalue weighted by Gasteiger charge is -2.15. The lowest BCUT2D eigenvalue weighted by molar-refractivity contribution is 0.296. The van der Waals surface area contributed by atoms with Gasteiger partial charge < -0.3 is 15.4 Å². The summed E-state index contributed by atoms with van der Waals surface area (Å²) in [6, 6.07) is 6.33. The van der Waals surface area contributed by atoms with Crippen LogP contribution in [0, 0.1) is 12.8 Å². The Morgan fingerprint density at radius 2 is 2.12 bits per heavy atom. The Kier molecular flexibility index (Phi) is 5.53. The molecule has 134 valence electrons. The van der Waals surface area contributed by atoms with E-state index in [9.17, 15) is 0 Å². The molecule has 1 fully saturated rings. The average molecular weight is 342 g/mol. The minimum Gasteiger partial charge on any atom is -0.493 e. The fourth-order valence-electron chi connectivity index (χ4n) is 2.48. The number of nitrogens with one attached hydrogen (secondary N) is 2. The number of hydrogen-bond donors (Lipinski definition) is 2. The van der Waals surface area contributed by atoms with Crippen molar-refractivity contribution in [3.05, 3.63) is 41.5 Å². The normalized spacial score (nSPS) is 14.4. The van der Waals surface area contributed by atoms with E-state index >= 15 is 0 Å². The highest BCUT2D eigenvalue weighted by Gasteiger charge is 2.22. The smallest absolute Gasteiger partial charge is 0.191 e. The van der Waals surface area contributed by atoms with Crippen LogP contribution in [0.15, 0.2) is 29.5 Å². The molecule has 0 spiro atoms. The molecule has 7 nitrogen and oxygen atoms in total. The molecule has 0 radical (unpaired) electrons. The van der Waals surface area contributed by atoms with Crippen molar-refractivity contribution in [3.8, 4) is 5.75 Å². The van der Waals surface area contributed by atoms with E-state index in [0.29, 0.717) is 13.1 Å². The maximum absolute atomic E-state index is 6.02. The first-order chi connectivity index (χ1) is 12.2. The summed E-state index contributed by atoms with van der Waals surface area (Å²) in [5.74, 6) is 3.27. The number of guanidine groups is 1. The van der Waals surface area contributed by atoms with E-state index in [1.165, 1.54) is 18.4 Å². The van der Waals surface area contributed by atoms with Gasteiger partial charge in [0.1, 0.15) is 17.9 Å². The Morgan fingerprint density at radius 1 is 1.32 bits per heavy atom. The van der Waals surface area contributed by atoms with Crippen molar-refractivity contribution in [1.29, 1.82) is 0 Å². The van der Waals surface area contributed by atoms with Crippen molar-refractivity contribution >= 4 is 5.96 Å². The molecule has 1 aromatic carbocycles. The quantitative estimate of drug-likeness (QED) is 0.592. The van der Waals surface area contributed by atoms with Gasteiger partial charge in [0, 0.05) is 26.2 Å². The van der Waals surface area contributed by atoms with Crippen LogP contribution in [0.1, 0.15) is 29.8 Å². The number of hydrogen-bond acceptors (Lipinski definition) is 4. The van der Waals surface area contributed by atoms with Crippen LogP contribution < -0.4 is 15.4 Å². The monoisotopic (exact) mass is 342 g/mol. The summed E-state index contributed by atoms with van der Waals surface area (Å²) in [5, 5.41) is 10.6. The molecule has 0 atom stereocenters. The summed E-state index contributed by atoms with van der Waals surface area (Å²) >= 11 is 0. The number of ether oxygens (including phenoxy) is 1. The van der Waals surface area contributed by atoms with E-state index in [-0.39, 0.29) is 0 Å². The van der Waals surface area contributed by atoms with Gasteiger partial charge in [-0.3, -0.25) is 9.67 Å². The van der Waals surface area contributed by atoms with E-state index in [1.54, 1.807) is 18.1 Å². The van der Waals surface area contributed by atoms with Gasteiger partial charge in [0.25, 0.3) is 0 Å². The number of rotatable bonds is 7. The molecule has 2 aromatic rings. The topological polar surface area (TPSA) is 76.4 Å². The highest BCUT2D eigenvalue weighted by Crippen LogP contribution is 2.30. The van der Waals surface area contributed by atoms with Gasteiger partial charge in [-0.25, -0.2) is 4.98 Å². The summed E-state index contributed by atoms with van der Waals surface area (Å²) in [6.07, 6.45) is 4.12. The third-order valence-corrected chi connectivity index (χ3v) is 4.28. The molecule has 1 aliphatic rings. The second-order valence-corrected chi connectivity index (χ2v) is 6.44. The maximum Gasteiger partial charge on any atom is 0.191 e. The van der Waals surface area contributed by atoms with Crippen LogP contribution in [0.5, 0.6) is 5.75 Å². The molecule has 1 aromatic heterocycles. The van der Waals surface area contributed by atoms with E-state index in [2.05, 4.69) is 50.8 Å². The van der Waals surface area contributed by atoms with Crippen molar-refractivity contribution in [1.82, 2.24) is 25.4 Å². The Morgan fingerprint density at radius 3 is 2.80 bits per heavy atom. The summed E-state index contributed by atoms with van der Waals surface area (Å²) in [5.41, 5.74) is 2.34. The molecule has 1 heterocycles. The molecule has 0 aliphatic heterocycles. The van der Waals surface area contributed by atoms with Crippen molar-refractivity contribution in [2.75, 3.05) is 13.7 Å². The van der Waals surface area contributed by atoms with Crippen LogP contribution in [-0.2, 0) is 20.1 Å². The molecular formula is C18H26N6O. The first-order valence-electron chi connectivity index (χ1n) is 8.65. The molecule has 25 heavy (non-hydrogen) atoms. The average Bonchev–Trinajstić information content (AvgIpc) is 3.35. The zero-order valence-corrected chi connectivity index (χ0v) is 15.1. The predicted octanol–water partition coefficient (Wildman–Crippen LogP) is 1.78. The van der Waals surface area contributed by atoms with Gasteiger partial charge in [0.15, 0.2) is 5.96 Å². The van der Waals surface area contributed by atoms with Gasteiger partial charge in [-0.1, -0.05) is 12.1 Å². The van der Waals surface area contributed by atoms with Gasteiger partial charge in [-0.15, -0.1) is 0 Å². The van der Waals surface area contributed by atoms with Crippen molar-refractivity contribution in [2.24, 2.45) is 18.0 Å². The van der Waals surface area contributed by atoms with Crippen LogP contribution in [0.4, 0.5) is 0 Å². The van der Waals surface area contributed by atoms with Crippen LogP contribution in [0.3, 0.4) is 0 Å². The van der Waals surface area contributed by atoms with E-state index in [1.807, 2.05) is 7.05 Å². The Hall–Kier alpha value is -2.57. The second kappa shape index (κ2) is 8.00. The fraction of sp³-hybridized carbons (Fsp3) is 0.500. The number of nitrogens with zero attached hydrogens (tertiary/aromatic N) is 4. The van der Waals surface area contributed by atoms with E-state index in [4.69, 9.17) is 4.74 Å². The molecule has 3 rings (SSSR count). The molecule has 1 aliphatic carbocycles. The van der Waals surface area contributed by atoms with Crippen LogP contribution >= 0.6 is 0 Å².